The Morgan fingerprint density at radius 2 is 2.20 bits per heavy atom. The molecular formula is C11H15ClO3. The molecule has 0 spiro atoms. The zero-order chi connectivity index (χ0) is 11.3. The Balaban J connectivity index is 2.54. The molecule has 1 atom stereocenters. The van der Waals surface area contributed by atoms with Gasteiger partial charge in [-0.3, -0.25) is 0 Å². The second-order valence-electron chi connectivity index (χ2n) is 3.41. The summed E-state index contributed by atoms with van der Waals surface area (Å²) >= 11 is 5.92. The lowest BCUT2D eigenvalue weighted by Gasteiger charge is -2.09. The van der Waals surface area contributed by atoms with Crippen molar-refractivity contribution in [3.8, 4) is 5.75 Å². The van der Waals surface area contributed by atoms with Crippen molar-refractivity contribution in [1.82, 2.24) is 0 Å². The summed E-state index contributed by atoms with van der Waals surface area (Å²) in [6.45, 7) is 2.10. The molecule has 0 amide bonds. The molecule has 3 nitrogen and oxygen atoms in total. The monoisotopic (exact) mass is 230 g/mol. The van der Waals surface area contributed by atoms with Gasteiger partial charge >= 0.3 is 0 Å². The molecule has 4 heteroatoms. The number of hydrogen-bond acceptors (Lipinski definition) is 3. The van der Waals surface area contributed by atoms with E-state index < -0.39 is 0 Å². The number of rotatable bonds is 5. The Kier molecular flexibility index (Phi) is 4.88. The van der Waals surface area contributed by atoms with Gasteiger partial charge in [-0.1, -0.05) is 17.7 Å². The van der Waals surface area contributed by atoms with Crippen LogP contribution < -0.4 is 4.74 Å². The molecule has 1 unspecified atom stereocenters. The Bertz CT molecular complexity index is 313. The first-order valence-electron chi connectivity index (χ1n) is 4.83. The Hall–Kier alpha value is -0.770. The van der Waals surface area contributed by atoms with Gasteiger partial charge in [0, 0.05) is 6.42 Å². The highest BCUT2D eigenvalue weighted by Gasteiger charge is 2.03. The molecule has 0 saturated heterocycles. The van der Waals surface area contributed by atoms with Crippen molar-refractivity contribution < 1.29 is 14.9 Å². The van der Waals surface area contributed by atoms with Crippen LogP contribution in [0.1, 0.15) is 18.9 Å². The largest absolute Gasteiger partial charge is 0.492 e. The maximum atomic E-state index is 9.04. The van der Waals surface area contributed by atoms with Gasteiger partial charge in [0.15, 0.2) is 0 Å². The second kappa shape index (κ2) is 5.95. The molecule has 0 saturated carbocycles. The van der Waals surface area contributed by atoms with E-state index in [4.69, 9.17) is 26.6 Å². The maximum absolute atomic E-state index is 9.04. The minimum atomic E-state index is -0.375. The summed E-state index contributed by atoms with van der Waals surface area (Å²) in [7, 11) is 0. The molecule has 1 rings (SSSR count). The lowest BCUT2D eigenvalue weighted by Crippen LogP contribution is -2.07. The van der Waals surface area contributed by atoms with Crippen LogP contribution in [0.15, 0.2) is 18.2 Å². The van der Waals surface area contributed by atoms with Crippen LogP contribution >= 0.6 is 11.6 Å². The van der Waals surface area contributed by atoms with E-state index in [1.54, 1.807) is 25.1 Å². The molecule has 0 bridgehead atoms. The highest BCUT2D eigenvalue weighted by Crippen LogP contribution is 2.25. The summed E-state index contributed by atoms with van der Waals surface area (Å²) in [4.78, 5) is 0. The van der Waals surface area contributed by atoms with Crippen LogP contribution in [0.3, 0.4) is 0 Å². The third-order valence-corrected chi connectivity index (χ3v) is 2.27. The van der Waals surface area contributed by atoms with Gasteiger partial charge in [-0.15, -0.1) is 0 Å². The van der Waals surface area contributed by atoms with Gasteiger partial charge < -0.3 is 14.9 Å². The SMILES string of the molecule is CC(O)CCOc1ccc(CO)cc1Cl. The van der Waals surface area contributed by atoms with Crippen molar-refractivity contribution in [2.24, 2.45) is 0 Å². The Morgan fingerprint density at radius 1 is 1.47 bits per heavy atom. The van der Waals surface area contributed by atoms with Gasteiger partial charge in [0.05, 0.1) is 24.3 Å². The van der Waals surface area contributed by atoms with Crippen molar-refractivity contribution >= 4 is 11.6 Å². The number of benzene rings is 1. The predicted octanol–water partition coefficient (Wildman–Crippen LogP) is 1.98. The number of halogens is 1. The van der Waals surface area contributed by atoms with E-state index in [0.29, 0.717) is 23.8 Å². The van der Waals surface area contributed by atoms with Gasteiger partial charge in [0.2, 0.25) is 0 Å². The normalized spacial score (nSPS) is 12.5. The lowest BCUT2D eigenvalue weighted by molar-refractivity contribution is 0.155. The van der Waals surface area contributed by atoms with Gasteiger partial charge in [0.1, 0.15) is 5.75 Å². The first kappa shape index (κ1) is 12.3. The summed E-state index contributed by atoms with van der Waals surface area (Å²) in [6, 6.07) is 5.14. The zero-order valence-electron chi connectivity index (χ0n) is 8.61. The van der Waals surface area contributed by atoms with Crippen LogP contribution in [0, 0.1) is 0 Å². The summed E-state index contributed by atoms with van der Waals surface area (Å²) < 4.78 is 5.37. The fourth-order valence-electron chi connectivity index (χ4n) is 1.10. The van der Waals surface area contributed by atoms with Crippen molar-refractivity contribution in [2.45, 2.75) is 26.1 Å². The molecule has 0 aromatic heterocycles. The molecule has 0 heterocycles. The molecule has 2 N–H and O–H groups in total. The number of ether oxygens (including phenoxy) is 1. The summed E-state index contributed by atoms with van der Waals surface area (Å²) in [5.74, 6) is 0.578. The minimum absolute atomic E-state index is 0.0341. The summed E-state index contributed by atoms with van der Waals surface area (Å²) in [5, 5.41) is 18.4. The predicted molar refractivity (Wildman–Crippen MR) is 59.2 cm³/mol. The standard InChI is InChI=1S/C11H15ClO3/c1-8(14)4-5-15-11-3-2-9(7-13)6-10(11)12/h2-3,6,8,13-14H,4-5,7H2,1H3. The van der Waals surface area contributed by atoms with E-state index in [2.05, 4.69) is 0 Å². The molecular weight excluding hydrogens is 216 g/mol. The first-order valence-corrected chi connectivity index (χ1v) is 5.21. The average Bonchev–Trinajstić information content (AvgIpc) is 2.20. The Labute approximate surface area is 94.3 Å². The molecule has 0 aliphatic carbocycles. The van der Waals surface area contributed by atoms with Crippen LogP contribution in [0.5, 0.6) is 5.75 Å². The third-order valence-electron chi connectivity index (χ3n) is 1.97. The topological polar surface area (TPSA) is 49.7 Å². The average molecular weight is 231 g/mol. The van der Waals surface area contributed by atoms with Crippen molar-refractivity contribution in [3.63, 3.8) is 0 Å². The van der Waals surface area contributed by atoms with Crippen molar-refractivity contribution in [3.05, 3.63) is 28.8 Å². The summed E-state index contributed by atoms with van der Waals surface area (Å²) in [6.07, 6.45) is 0.193. The fraction of sp³-hybridized carbons (Fsp3) is 0.455. The molecule has 0 aliphatic heterocycles. The zero-order valence-corrected chi connectivity index (χ0v) is 9.37. The van der Waals surface area contributed by atoms with E-state index in [9.17, 15) is 0 Å². The number of aliphatic hydroxyl groups excluding tert-OH is 2. The molecule has 84 valence electrons. The van der Waals surface area contributed by atoms with E-state index in [1.807, 2.05) is 0 Å². The van der Waals surface area contributed by atoms with Gasteiger partial charge in [-0.05, 0) is 24.6 Å². The molecule has 0 fully saturated rings. The van der Waals surface area contributed by atoms with E-state index in [-0.39, 0.29) is 12.7 Å². The second-order valence-corrected chi connectivity index (χ2v) is 3.82. The van der Waals surface area contributed by atoms with E-state index in [1.165, 1.54) is 0 Å². The van der Waals surface area contributed by atoms with Crippen LogP contribution in [-0.2, 0) is 6.61 Å². The maximum Gasteiger partial charge on any atom is 0.137 e. The summed E-state index contributed by atoms with van der Waals surface area (Å²) in [5.41, 5.74) is 0.753. The van der Waals surface area contributed by atoms with Gasteiger partial charge in [-0.25, -0.2) is 0 Å². The molecule has 0 aliphatic rings. The number of hydrogen-bond donors (Lipinski definition) is 2. The highest BCUT2D eigenvalue weighted by molar-refractivity contribution is 6.32. The third kappa shape index (κ3) is 4.08. The van der Waals surface area contributed by atoms with Crippen LogP contribution in [0.2, 0.25) is 5.02 Å². The van der Waals surface area contributed by atoms with Crippen molar-refractivity contribution in [2.75, 3.05) is 6.61 Å². The van der Waals surface area contributed by atoms with Gasteiger partial charge in [-0.2, -0.15) is 0 Å². The van der Waals surface area contributed by atoms with Crippen LogP contribution in [0.25, 0.3) is 0 Å². The minimum Gasteiger partial charge on any atom is -0.492 e. The molecule has 1 aromatic carbocycles. The fourth-order valence-corrected chi connectivity index (χ4v) is 1.36. The van der Waals surface area contributed by atoms with Crippen molar-refractivity contribution in [1.29, 1.82) is 0 Å². The lowest BCUT2D eigenvalue weighted by atomic mass is 10.2. The number of aliphatic hydroxyl groups is 2. The molecule has 0 radical (unpaired) electrons. The van der Waals surface area contributed by atoms with E-state index >= 15 is 0 Å². The Morgan fingerprint density at radius 3 is 2.73 bits per heavy atom. The molecule has 15 heavy (non-hydrogen) atoms. The highest BCUT2D eigenvalue weighted by atomic mass is 35.5. The van der Waals surface area contributed by atoms with Crippen LogP contribution in [0.4, 0.5) is 0 Å². The first-order chi connectivity index (χ1) is 7.13. The smallest absolute Gasteiger partial charge is 0.137 e. The van der Waals surface area contributed by atoms with E-state index in [0.717, 1.165) is 5.56 Å². The van der Waals surface area contributed by atoms with Gasteiger partial charge in [0.25, 0.3) is 0 Å². The molecule has 1 aromatic rings. The van der Waals surface area contributed by atoms with Crippen LogP contribution in [-0.4, -0.2) is 22.9 Å². The quantitative estimate of drug-likeness (QED) is 0.813.